The van der Waals surface area contributed by atoms with Gasteiger partial charge >= 0.3 is 0 Å². The van der Waals surface area contributed by atoms with Gasteiger partial charge in [-0.2, -0.15) is 0 Å². The van der Waals surface area contributed by atoms with Crippen molar-refractivity contribution >= 4 is 15.7 Å². The molecule has 0 saturated carbocycles. The monoisotopic (exact) mass is 313 g/mol. The molecule has 0 bridgehead atoms. The number of hydrogen-bond acceptors (Lipinski definition) is 5. The van der Waals surface area contributed by atoms with Gasteiger partial charge in [-0.25, -0.2) is 13.1 Å². The Morgan fingerprint density at radius 1 is 1.48 bits per heavy atom. The molecule has 1 aliphatic heterocycles. The molecule has 0 aliphatic carbocycles. The molecule has 3 N–H and O–H groups in total. The molecule has 1 aromatic rings. The van der Waals surface area contributed by atoms with E-state index in [-0.39, 0.29) is 11.9 Å². The molecule has 1 fully saturated rings. The third-order valence-corrected chi connectivity index (χ3v) is 4.83. The van der Waals surface area contributed by atoms with Gasteiger partial charge in [0.25, 0.3) is 0 Å². The molecule has 1 aliphatic rings. The van der Waals surface area contributed by atoms with Crippen molar-refractivity contribution in [3.63, 3.8) is 0 Å². The molecule has 1 aromatic carbocycles. The summed E-state index contributed by atoms with van der Waals surface area (Å²) in [5, 5.41) is 0. The molecule has 118 valence electrons. The van der Waals surface area contributed by atoms with Crippen LogP contribution in [-0.4, -0.2) is 52.2 Å². The lowest BCUT2D eigenvalue weighted by atomic mass is 10.2. The zero-order chi connectivity index (χ0) is 15.3. The third-order valence-electron chi connectivity index (χ3n) is 3.51. The number of nitrogens with two attached hydrogens (primary N) is 1. The summed E-state index contributed by atoms with van der Waals surface area (Å²) in [6, 6.07) is 6.92. The van der Waals surface area contributed by atoms with Gasteiger partial charge in [-0.1, -0.05) is 19.1 Å². The van der Waals surface area contributed by atoms with E-state index in [1.165, 1.54) is 0 Å². The lowest BCUT2D eigenvalue weighted by Crippen LogP contribution is -2.47. The van der Waals surface area contributed by atoms with E-state index in [0.29, 0.717) is 24.4 Å². The predicted molar refractivity (Wildman–Crippen MR) is 83.3 cm³/mol. The number of nitrogens with zero attached hydrogens (tertiary/aromatic N) is 1. The molecule has 6 nitrogen and oxygen atoms in total. The molecule has 0 spiro atoms. The maximum atomic E-state index is 12.1. The fourth-order valence-corrected chi connectivity index (χ4v) is 3.52. The van der Waals surface area contributed by atoms with Crippen LogP contribution in [0.25, 0.3) is 0 Å². The fourth-order valence-electron chi connectivity index (χ4n) is 2.36. The highest BCUT2D eigenvalue weighted by atomic mass is 32.2. The summed E-state index contributed by atoms with van der Waals surface area (Å²) in [5.41, 5.74) is 6.91. The molecule has 0 aromatic heterocycles. The minimum absolute atomic E-state index is 0.0672. The predicted octanol–water partition coefficient (Wildman–Crippen LogP) is 0.409. The van der Waals surface area contributed by atoms with E-state index in [9.17, 15) is 8.42 Å². The van der Waals surface area contributed by atoms with Crippen molar-refractivity contribution in [1.29, 1.82) is 0 Å². The lowest BCUT2D eigenvalue weighted by Gasteiger charge is -2.32. The van der Waals surface area contributed by atoms with Gasteiger partial charge in [-0.05, 0) is 24.2 Å². The molecule has 1 unspecified atom stereocenters. The normalized spacial score (nSPS) is 20.5. The number of ether oxygens (including phenoxy) is 1. The molecule has 1 atom stereocenters. The number of nitrogens with one attached hydrogen (secondary N) is 1. The van der Waals surface area contributed by atoms with Gasteiger partial charge in [-0.3, -0.25) is 4.90 Å². The number of likely N-dealkylation sites (N-methyl/N-ethyl adjacent to an activating group) is 1. The average molecular weight is 313 g/mol. The van der Waals surface area contributed by atoms with Crippen LogP contribution in [0.4, 0.5) is 5.69 Å². The van der Waals surface area contributed by atoms with Gasteiger partial charge in [0, 0.05) is 25.3 Å². The van der Waals surface area contributed by atoms with Crippen LogP contribution in [-0.2, 0) is 20.5 Å². The topological polar surface area (TPSA) is 84.7 Å². The van der Waals surface area contributed by atoms with Gasteiger partial charge in [0.1, 0.15) is 0 Å². The number of hydrogen-bond donors (Lipinski definition) is 2. The number of morpholine rings is 1. The number of anilines is 1. The Bertz CT molecular complexity index is 562. The van der Waals surface area contributed by atoms with E-state index in [1.807, 2.05) is 0 Å². The highest BCUT2D eigenvalue weighted by Crippen LogP contribution is 2.10. The molecule has 1 saturated heterocycles. The maximum Gasteiger partial charge on any atom is 0.215 e. The van der Waals surface area contributed by atoms with Gasteiger partial charge in [0.2, 0.25) is 10.0 Å². The molecule has 1 heterocycles. The molecule has 2 rings (SSSR count). The Hall–Kier alpha value is -1.15. The minimum Gasteiger partial charge on any atom is -0.399 e. The summed E-state index contributed by atoms with van der Waals surface area (Å²) in [6.07, 6.45) is -0.0886. The smallest absolute Gasteiger partial charge is 0.215 e. The van der Waals surface area contributed by atoms with Crippen molar-refractivity contribution in [3.05, 3.63) is 29.8 Å². The first-order chi connectivity index (χ1) is 9.98. The quantitative estimate of drug-likeness (QED) is 0.743. The van der Waals surface area contributed by atoms with Crippen LogP contribution >= 0.6 is 0 Å². The van der Waals surface area contributed by atoms with Crippen LogP contribution in [0, 0.1) is 0 Å². The van der Waals surface area contributed by atoms with E-state index < -0.39 is 10.0 Å². The first kappa shape index (κ1) is 16.2. The van der Waals surface area contributed by atoms with Gasteiger partial charge in [-0.15, -0.1) is 0 Å². The second-order valence-corrected chi connectivity index (χ2v) is 7.05. The van der Waals surface area contributed by atoms with Crippen molar-refractivity contribution in [3.8, 4) is 0 Å². The van der Waals surface area contributed by atoms with Crippen LogP contribution in [0.1, 0.15) is 12.5 Å². The standard InChI is InChI=1S/C14H23N3O3S/c1-2-17-6-7-20-14(10-17)9-16-21(18,19)11-12-4-3-5-13(15)8-12/h3-5,8,14,16H,2,6-7,9-11,15H2,1H3. The largest absolute Gasteiger partial charge is 0.399 e. The van der Waals surface area contributed by atoms with E-state index in [4.69, 9.17) is 10.5 Å². The molecular weight excluding hydrogens is 290 g/mol. The van der Waals surface area contributed by atoms with E-state index in [0.717, 1.165) is 19.6 Å². The minimum atomic E-state index is -3.38. The molecule has 0 amide bonds. The Morgan fingerprint density at radius 2 is 2.29 bits per heavy atom. The van der Waals surface area contributed by atoms with Crippen molar-refractivity contribution in [1.82, 2.24) is 9.62 Å². The zero-order valence-corrected chi connectivity index (χ0v) is 13.1. The molecule has 0 radical (unpaired) electrons. The fraction of sp³-hybridized carbons (Fsp3) is 0.571. The second-order valence-electron chi connectivity index (χ2n) is 5.24. The second kappa shape index (κ2) is 7.22. The van der Waals surface area contributed by atoms with Crippen LogP contribution in [0.3, 0.4) is 0 Å². The number of rotatable bonds is 6. The Kier molecular flexibility index (Phi) is 5.58. The SMILES string of the molecule is CCN1CCOC(CNS(=O)(=O)Cc2cccc(N)c2)C1. The van der Waals surface area contributed by atoms with Crippen LogP contribution in [0.5, 0.6) is 0 Å². The van der Waals surface area contributed by atoms with Crippen LogP contribution < -0.4 is 10.5 Å². The average Bonchev–Trinajstić information content (AvgIpc) is 2.45. The van der Waals surface area contributed by atoms with E-state index in [2.05, 4.69) is 16.5 Å². The van der Waals surface area contributed by atoms with Crippen molar-refractivity contribution in [2.45, 2.75) is 18.8 Å². The Morgan fingerprint density at radius 3 is 3.00 bits per heavy atom. The van der Waals surface area contributed by atoms with Gasteiger partial charge in [0.05, 0.1) is 18.5 Å². The zero-order valence-electron chi connectivity index (χ0n) is 12.3. The highest BCUT2D eigenvalue weighted by Gasteiger charge is 2.21. The summed E-state index contributed by atoms with van der Waals surface area (Å²) in [7, 11) is -3.38. The molecular formula is C14H23N3O3S. The molecule has 7 heteroatoms. The van der Waals surface area contributed by atoms with Crippen LogP contribution in [0.2, 0.25) is 0 Å². The van der Waals surface area contributed by atoms with Gasteiger partial charge in [0.15, 0.2) is 0 Å². The summed E-state index contributed by atoms with van der Waals surface area (Å²) < 4.78 is 32.4. The van der Waals surface area contributed by atoms with E-state index in [1.54, 1.807) is 24.3 Å². The highest BCUT2D eigenvalue weighted by molar-refractivity contribution is 7.88. The van der Waals surface area contributed by atoms with Crippen LogP contribution in [0.15, 0.2) is 24.3 Å². The summed E-state index contributed by atoms with van der Waals surface area (Å²) in [5.74, 6) is -0.0672. The Labute approximate surface area is 126 Å². The lowest BCUT2D eigenvalue weighted by molar-refractivity contribution is -0.0229. The first-order valence-corrected chi connectivity index (χ1v) is 8.79. The van der Waals surface area contributed by atoms with Crippen molar-refractivity contribution < 1.29 is 13.2 Å². The summed E-state index contributed by atoms with van der Waals surface area (Å²) >= 11 is 0. The van der Waals surface area contributed by atoms with Crippen molar-refractivity contribution in [2.24, 2.45) is 0 Å². The van der Waals surface area contributed by atoms with Crippen molar-refractivity contribution in [2.75, 3.05) is 38.5 Å². The summed E-state index contributed by atoms with van der Waals surface area (Å²) in [4.78, 5) is 2.25. The Balaban J connectivity index is 1.86. The third kappa shape index (κ3) is 5.28. The van der Waals surface area contributed by atoms with Gasteiger partial charge < -0.3 is 10.5 Å². The number of nitrogen functional groups attached to an aromatic ring is 1. The number of sulfonamides is 1. The summed E-state index contributed by atoms with van der Waals surface area (Å²) in [6.45, 7) is 5.67. The van der Waals surface area contributed by atoms with E-state index >= 15 is 0 Å². The maximum absolute atomic E-state index is 12.1. The molecule has 21 heavy (non-hydrogen) atoms. The first-order valence-electron chi connectivity index (χ1n) is 7.14. The number of benzene rings is 1.